The summed E-state index contributed by atoms with van der Waals surface area (Å²) >= 11 is 5.65. The van der Waals surface area contributed by atoms with Crippen molar-refractivity contribution in [3.63, 3.8) is 0 Å². The molecular weight excluding hydrogens is 255 g/mol. The summed E-state index contributed by atoms with van der Waals surface area (Å²) in [6, 6.07) is 4.13. The van der Waals surface area contributed by atoms with Crippen LogP contribution in [0.5, 0.6) is 0 Å². The van der Waals surface area contributed by atoms with E-state index in [1.54, 1.807) is 6.07 Å². The third-order valence-corrected chi connectivity index (χ3v) is 2.51. The lowest BCUT2D eigenvalue weighted by atomic mass is 9.97. The van der Waals surface area contributed by atoms with Crippen molar-refractivity contribution in [3.8, 4) is 0 Å². The van der Waals surface area contributed by atoms with Crippen LogP contribution in [0, 0.1) is 11.2 Å². The second kappa shape index (κ2) is 6.05. The highest BCUT2D eigenvalue weighted by molar-refractivity contribution is 6.30. The third kappa shape index (κ3) is 5.36. The Balaban J connectivity index is 2.40. The van der Waals surface area contributed by atoms with Gasteiger partial charge in [0.25, 0.3) is 0 Å². The van der Waals surface area contributed by atoms with Crippen molar-refractivity contribution in [3.05, 3.63) is 34.6 Å². The first-order chi connectivity index (χ1) is 8.28. The molecule has 2 N–H and O–H groups in total. The Bertz CT molecular complexity index is 429. The summed E-state index contributed by atoms with van der Waals surface area (Å²) in [6.45, 7) is 7.01. The molecule has 0 aliphatic heterocycles. The molecule has 1 aromatic carbocycles. The summed E-state index contributed by atoms with van der Waals surface area (Å²) in [5, 5.41) is 5.51. The van der Waals surface area contributed by atoms with E-state index in [9.17, 15) is 9.18 Å². The molecule has 1 rings (SSSR count). The van der Waals surface area contributed by atoms with E-state index in [0.717, 1.165) is 5.56 Å². The van der Waals surface area contributed by atoms with Crippen LogP contribution in [0.4, 0.5) is 9.18 Å². The van der Waals surface area contributed by atoms with Crippen LogP contribution in [0.15, 0.2) is 18.2 Å². The lowest BCUT2D eigenvalue weighted by molar-refractivity contribution is 0.235. The maximum absolute atomic E-state index is 12.9. The number of nitrogens with one attached hydrogen (secondary N) is 2. The Morgan fingerprint density at radius 1 is 1.33 bits per heavy atom. The maximum atomic E-state index is 12.9. The summed E-state index contributed by atoms with van der Waals surface area (Å²) in [5.74, 6) is -0.461. The molecule has 18 heavy (non-hydrogen) atoms. The van der Waals surface area contributed by atoms with Gasteiger partial charge in [0, 0.05) is 13.1 Å². The first-order valence-corrected chi connectivity index (χ1v) is 6.11. The minimum Gasteiger partial charge on any atom is -0.338 e. The van der Waals surface area contributed by atoms with Crippen molar-refractivity contribution >= 4 is 17.6 Å². The predicted molar refractivity (Wildman–Crippen MR) is 71.1 cm³/mol. The summed E-state index contributed by atoms with van der Waals surface area (Å²) in [7, 11) is 0. The van der Waals surface area contributed by atoms with Gasteiger partial charge in [0.2, 0.25) is 0 Å². The average molecular weight is 273 g/mol. The fourth-order valence-electron chi connectivity index (χ4n) is 1.24. The number of amides is 2. The Morgan fingerprint density at radius 3 is 2.56 bits per heavy atom. The van der Waals surface area contributed by atoms with Crippen LogP contribution in [-0.4, -0.2) is 12.6 Å². The van der Waals surface area contributed by atoms with E-state index in [-0.39, 0.29) is 16.5 Å². The minimum absolute atomic E-state index is 0.0382. The molecule has 0 aliphatic carbocycles. The van der Waals surface area contributed by atoms with Gasteiger partial charge in [-0.05, 0) is 23.1 Å². The second-order valence-corrected chi connectivity index (χ2v) is 5.75. The summed E-state index contributed by atoms with van der Waals surface area (Å²) in [6.07, 6.45) is 0. The fourth-order valence-corrected chi connectivity index (χ4v) is 1.44. The van der Waals surface area contributed by atoms with E-state index in [1.807, 2.05) is 20.8 Å². The van der Waals surface area contributed by atoms with Gasteiger partial charge in [-0.2, -0.15) is 0 Å². The standard InChI is InChI=1S/C13H18ClFN2O/c1-13(2,3)8-17-12(18)16-7-9-4-5-11(15)10(14)6-9/h4-6H,7-8H2,1-3H3,(H2,16,17,18). The molecule has 0 fully saturated rings. The number of benzene rings is 1. The van der Waals surface area contributed by atoms with Crippen molar-refractivity contribution in [2.24, 2.45) is 5.41 Å². The summed E-state index contributed by atoms with van der Waals surface area (Å²) in [5.41, 5.74) is 0.795. The van der Waals surface area contributed by atoms with Crippen LogP contribution < -0.4 is 10.6 Å². The second-order valence-electron chi connectivity index (χ2n) is 5.35. The van der Waals surface area contributed by atoms with Crippen LogP contribution in [0.1, 0.15) is 26.3 Å². The Kier molecular flexibility index (Phi) is 4.96. The molecule has 0 aliphatic rings. The van der Waals surface area contributed by atoms with Crippen molar-refractivity contribution in [2.75, 3.05) is 6.54 Å². The first kappa shape index (κ1) is 14.8. The van der Waals surface area contributed by atoms with Crippen LogP contribution >= 0.6 is 11.6 Å². The Labute approximate surface area is 112 Å². The monoisotopic (exact) mass is 272 g/mol. The molecule has 0 bridgehead atoms. The topological polar surface area (TPSA) is 41.1 Å². The van der Waals surface area contributed by atoms with Crippen LogP contribution in [0.25, 0.3) is 0 Å². The number of carbonyl (C=O) groups is 1. The Hall–Kier alpha value is -1.29. The van der Waals surface area contributed by atoms with Crippen molar-refractivity contribution in [1.29, 1.82) is 0 Å². The van der Waals surface area contributed by atoms with Crippen molar-refractivity contribution < 1.29 is 9.18 Å². The van der Waals surface area contributed by atoms with E-state index in [1.165, 1.54) is 12.1 Å². The van der Waals surface area contributed by atoms with Gasteiger partial charge < -0.3 is 10.6 Å². The van der Waals surface area contributed by atoms with E-state index in [0.29, 0.717) is 13.1 Å². The molecule has 0 saturated carbocycles. The number of urea groups is 1. The molecule has 0 aromatic heterocycles. The van der Waals surface area contributed by atoms with Gasteiger partial charge in [-0.3, -0.25) is 0 Å². The largest absolute Gasteiger partial charge is 0.338 e. The predicted octanol–water partition coefficient (Wildman–Crippen LogP) is 3.32. The van der Waals surface area contributed by atoms with Gasteiger partial charge in [-0.1, -0.05) is 38.4 Å². The molecule has 0 atom stereocenters. The van der Waals surface area contributed by atoms with E-state index in [4.69, 9.17) is 11.6 Å². The van der Waals surface area contributed by atoms with Crippen molar-refractivity contribution in [2.45, 2.75) is 27.3 Å². The lowest BCUT2D eigenvalue weighted by Crippen LogP contribution is -2.39. The van der Waals surface area contributed by atoms with Crippen LogP contribution in [0.2, 0.25) is 5.02 Å². The molecule has 3 nitrogen and oxygen atoms in total. The molecule has 0 radical (unpaired) electrons. The highest BCUT2D eigenvalue weighted by Crippen LogP contribution is 2.15. The third-order valence-electron chi connectivity index (χ3n) is 2.22. The van der Waals surface area contributed by atoms with Crippen LogP contribution in [-0.2, 0) is 6.54 Å². The van der Waals surface area contributed by atoms with E-state index >= 15 is 0 Å². The van der Waals surface area contributed by atoms with Gasteiger partial charge >= 0.3 is 6.03 Å². The van der Waals surface area contributed by atoms with Gasteiger partial charge in [-0.15, -0.1) is 0 Å². The summed E-state index contributed by atoms with van der Waals surface area (Å²) < 4.78 is 12.9. The van der Waals surface area contributed by atoms with Crippen molar-refractivity contribution in [1.82, 2.24) is 10.6 Å². The van der Waals surface area contributed by atoms with Gasteiger partial charge in [0.15, 0.2) is 0 Å². The summed E-state index contributed by atoms with van der Waals surface area (Å²) in [4.78, 5) is 11.5. The van der Waals surface area contributed by atoms with E-state index < -0.39 is 5.82 Å². The van der Waals surface area contributed by atoms with Gasteiger partial charge in [0.05, 0.1) is 5.02 Å². The zero-order chi connectivity index (χ0) is 13.8. The van der Waals surface area contributed by atoms with Gasteiger partial charge in [0.1, 0.15) is 5.82 Å². The highest BCUT2D eigenvalue weighted by Gasteiger charge is 2.11. The zero-order valence-corrected chi connectivity index (χ0v) is 11.6. The first-order valence-electron chi connectivity index (χ1n) is 5.73. The molecule has 1 aromatic rings. The number of hydrogen-bond donors (Lipinski definition) is 2. The molecule has 2 amide bonds. The SMILES string of the molecule is CC(C)(C)CNC(=O)NCc1ccc(F)c(Cl)c1. The zero-order valence-electron chi connectivity index (χ0n) is 10.8. The fraction of sp³-hybridized carbons (Fsp3) is 0.462. The quantitative estimate of drug-likeness (QED) is 0.871. The molecular formula is C13H18ClFN2O. The lowest BCUT2D eigenvalue weighted by Gasteiger charge is -2.18. The van der Waals surface area contributed by atoms with E-state index in [2.05, 4.69) is 10.6 Å². The number of hydrogen-bond acceptors (Lipinski definition) is 1. The average Bonchev–Trinajstić information content (AvgIpc) is 2.27. The Morgan fingerprint density at radius 2 is 2.00 bits per heavy atom. The minimum atomic E-state index is -0.461. The number of rotatable bonds is 3. The molecule has 0 spiro atoms. The molecule has 5 heteroatoms. The normalized spacial score (nSPS) is 11.2. The number of carbonyl (C=O) groups excluding carboxylic acids is 1. The molecule has 0 saturated heterocycles. The van der Waals surface area contributed by atoms with Gasteiger partial charge in [-0.25, -0.2) is 9.18 Å². The molecule has 100 valence electrons. The molecule has 0 unspecified atom stereocenters. The maximum Gasteiger partial charge on any atom is 0.315 e. The highest BCUT2D eigenvalue weighted by atomic mass is 35.5. The molecule has 0 heterocycles. The smallest absolute Gasteiger partial charge is 0.315 e. The number of halogens is 2. The van der Waals surface area contributed by atoms with Crippen LogP contribution in [0.3, 0.4) is 0 Å².